The van der Waals surface area contributed by atoms with Gasteiger partial charge >= 0.3 is 5.97 Å². The van der Waals surface area contributed by atoms with Crippen LogP contribution in [0.4, 0.5) is 11.4 Å². The van der Waals surface area contributed by atoms with Crippen LogP contribution in [0.2, 0.25) is 0 Å². The number of sulfonamides is 1. The third-order valence-corrected chi connectivity index (χ3v) is 5.66. The van der Waals surface area contributed by atoms with Crippen LogP contribution in [0.5, 0.6) is 0 Å². The second-order valence-corrected chi connectivity index (χ2v) is 7.31. The predicted molar refractivity (Wildman–Crippen MR) is 95.8 cm³/mol. The van der Waals surface area contributed by atoms with Gasteiger partial charge in [-0.2, -0.15) is 0 Å². The lowest BCUT2D eigenvalue weighted by Crippen LogP contribution is -2.28. The van der Waals surface area contributed by atoms with Crippen LogP contribution in [0.15, 0.2) is 47.4 Å². The van der Waals surface area contributed by atoms with Crippen LogP contribution in [0.3, 0.4) is 0 Å². The van der Waals surface area contributed by atoms with Crippen LogP contribution in [-0.2, 0) is 14.8 Å². The summed E-state index contributed by atoms with van der Waals surface area (Å²) in [4.78, 5) is 22.0. The lowest BCUT2D eigenvalue weighted by Gasteiger charge is -2.22. The summed E-state index contributed by atoms with van der Waals surface area (Å²) in [5.41, 5.74) is 0.344. The van der Waals surface area contributed by atoms with E-state index in [2.05, 4.69) is 0 Å². The molecule has 0 amide bonds. The van der Waals surface area contributed by atoms with Crippen molar-refractivity contribution in [2.75, 3.05) is 18.0 Å². The molecule has 0 heterocycles. The number of para-hydroxylation sites is 1. The normalized spacial score (nSPS) is 11.0. The molecule has 0 aliphatic carbocycles. The van der Waals surface area contributed by atoms with Crippen LogP contribution >= 0.6 is 0 Å². The summed E-state index contributed by atoms with van der Waals surface area (Å²) < 4.78 is 31.7. The van der Waals surface area contributed by atoms with E-state index in [1.165, 1.54) is 43.4 Å². The third kappa shape index (κ3) is 3.52. The Labute approximate surface area is 151 Å². The van der Waals surface area contributed by atoms with Crippen molar-refractivity contribution in [3.8, 4) is 0 Å². The average molecular weight is 378 g/mol. The van der Waals surface area contributed by atoms with E-state index in [1.807, 2.05) is 0 Å². The first-order valence-electron chi connectivity index (χ1n) is 7.71. The van der Waals surface area contributed by atoms with E-state index in [-0.39, 0.29) is 17.9 Å². The number of hydrogen-bond donors (Lipinski definition) is 0. The van der Waals surface area contributed by atoms with Crippen LogP contribution in [0.1, 0.15) is 22.8 Å². The standard InChI is InChI=1S/C17H18N2O6S/c1-4-25-17(20)13-8-7-10-14(12(13)2)18(3)26(23,24)16-11-6-5-9-15(16)19(21)22/h5-11H,4H2,1-3H3. The third-order valence-electron chi connectivity index (χ3n) is 3.84. The highest BCUT2D eigenvalue weighted by molar-refractivity contribution is 7.93. The van der Waals surface area contributed by atoms with Crippen LogP contribution in [0, 0.1) is 17.0 Å². The highest BCUT2D eigenvalue weighted by Crippen LogP contribution is 2.31. The van der Waals surface area contributed by atoms with E-state index < -0.39 is 31.5 Å². The molecule has 0 unspecified atom stereocenters. The molecule has 0 aliphatic rings. The second kappa shape index (κ2) is 7.52. The molecule has 26 heavy (non-hydrogen) atoms. The zero-order valence-corrected chi connectivity index (χ0v) is 15.3. The fourth-order valence-electron chi connectivity index (χ4n) is 2.50. The topological polar surface area (TPSA) is 107 Å². The molecule has 2 aromatic carbocycles. The Hall–Kier alpha value is -2.94. The summed E-state index contributed by atoms with van der Waals surface area (Å²) in [6.07, 6.45) is 0. The molecule has 2 aromatic rings. The van der Waals surface area contributed by atoms with Gasteiger partial charge < -0.3 is 4.74 Å². The predicted octanol–water partition coefficient (Wildman–Crippen LogP) is 2.91. The number of ether oxygens (including phenoxy) is 1. The maximum absolute atomic E-state index is 12.9. The summed E-state index contributed by atoms with van der Waals surface area (Å²) in [5, 5.41) is 11.2. The van der Waals surface area contributed by atoms with Gasteiger partial charge in [0.15, 0.2) is 4.90 Å². The molecule has 0 atom stereocenters. The van der Waals surface area contributed by atoms with Crippen molar-refractivity contribution < 1.29 is 22.9 Å². The second-order valence-electron chi connectivity index (χ2n) is 5.37. The number of nitro groups is 1. The molecule has 8 nitrogen and oxygen atoms in total. The summed E-state index contributed by atoms with van der Waals surface area (Å²) in [6, 6.07) is 9.68. The maximum Gasteiger partial charge on any atom is 0.338 e. The van der Waals surface area contributed by atoms with Crippen molar-refractivity contribution in [2.24, 2.45) is 0 Å². The number of esters is 1. The van der Waals surface area contributed by atoms with Gasteiger partial charge in [-0.25, -0.2) is 13.2 Å². The maximum atomic E-state index is 12.9. The monoisotopic (exact) mass is 378 g/mol. The molecule has 0 spiro atoms. The Morgan fingerprint density at radius 3 is 2.46 bits per heavy atom. The van der Waals surface area contributed by atoms with Gasteiger partial charge in [-0.1, -0.05) is 18.2 Å². The van der Waals surface area contributed by atoms with Crippen LogP contribution in [0.25, 0.3) is 0 Å². The van der Waals surface area contributed by atoms with E-state index in [0.29, 0.717) is 5.56 Å². The number of hydrogen-bond acceptors (Lipinski definition) is 6. The number of nitro benzene ring substituents is 1. The smallest absolute Gasteiger partial charge is 0.338 e. The molecule has 0 aromatic heterocycles. The fraction of sp³-hybridized carbons (Fsp3) is 0.235. The largest absolute Gasteiger partial charge is 0.462 e. The van der Waals surface area contributed by atoms with Gasteiger partial charge in [0, 0.05) is 13.1 Å². The van der Waals surface area contributed by atoms with Crippen molar-refractivity contribution in [1.29, 1.82) is 0 Å². The number of anilines is 1. The molecule has 138 valence electrons. The van der Waals surface area contributed by atoms with Gasteiger partial charge in [0.2, 0.25) is 0 Å². The molecule has 0 saturated heterocycles. The van der Waals surface area contributed by atoms with Crippen molar-refractivity contribution in [3.63, 3.8) is 0 Å². The zero-order valence-electron chi connectivity index (χ0n) is 14.5. The highest BCUT2D eigenvalue weighted by Gasteiger charge is 2.30. The number of carbonyl (C=O) groups excluding carboxylic acids is 1. The first-order valence-corrected chi connectivity index (χ1v) is 9.15. The van der Waals surface area contributed by atoms with Crippen LogP contribution < -0.4 is 4.31 Å². The van der Waals surface area contributed by atoms with E-state index >= 15 is 0 Å². The molecule has 9 heteroatoms. The van der Waals surface area contributed by atoms with Gasteiger partial charge in [-0.05, 0) is 37.6 Å². The van der Waals surface area contributed by atoms with E-state index in [9.17, 15) is 23.3 Å². The molecule has 0 saturated carbocycles. The Morgan fingerprint density at radius 2 is 1.85 bits per heavy atom. The Morgan fingerprint density at radius 1 is 1.19 bits per heavy atom. The lowest BCUT2D eigenvalue weighted by atomic mass is 10.1. The van der Waals surface area contributed by atoms with Gasteiger partial charge in [0.1, 0.15) is 0 Å². The Bertz CT molecular complexity index is 955. The molecular formula is C17H18N2O6S. The quantitative estimate of drug-likeness (QED) is 0.435. The fourth-order valence-corrected chi connectivity index (χ4v) is 3.91. The number of carbonyl (C=O) groups is 1. The first kappa shape index (κ1) is 19.4. The molecular weight excluding hydrogens is 360 g/mol. The van der Waals surface area contributed by atoms with Crippen molar-refractivity contribution in [3.05, 3.63) is 63.7 Å². The minimum atomic E-state index is -4.21. The summed E-state index contributed by atoms with van der Waals surface area (Å²) >= 11 is 0. The summed E-state index contributed by atoms with van der Waals surface area (Å²) in [7, 11) is -2.92. The molecule has 0 radical (unpaired) electrons. The first-order chi connectivity index (χ1) is 12.2. The van der Waals surface area contributed by atoms with Crippen molar-refractivity contribution in [2.45, 2.75) is 18.7 Å². The van der Waals surface area contributed by atoms with Crippen LogP contribution in [-0.4, -0.2) is 33.0 Å². The SMILES string of the molecule is CCOC(=O)c1cccc(N(C)S(=O)(=O)c2ccccc2[N+](=O)[O-])c1C. The van der Waals surface area contributed by atoms with Gasteiger partial charge in [-0.3, -0.25) is 14.4 Å². The lowest BCUT2D eigenvalue weighted by molar-refractivity contribution is -0.387. The number of nitrogens with zero attached hydrogens (tertiary/aromatic N) is 2. The van der Waals surface area contributed by atoms with E-state index in [0.717, 1.165) is 10.4 Å². The number of benzene rings is 2. The van der Waals surface area contributed by atoms with E-state index in [1.54, 1.807) is 13.8 Å². The summed E-state index contributed by atoms with van der Waals surface area (Å²) in [5.74, 6) is -0.566. The highest BCUT2D eigenvalue weighted by atomic mass is 32.2. The Balaban J connectivity index is 2.56. The molecule has 2 rings (SSSR count). The zero-order chi connectivity index (χ0) is 19.5. The Kier molecular flexibility index (Phi) is 5.61. The van der Waals surface area contributed by atoms with Gasteiger partial charge in [-0.15, -0.1) is 0 Å². The molecule has 0 bridgehead atoms. The molecule has 0 aliphatic heterocycles. The number of rotatable bonds is 6. The average Bonchev–Trinajstić information content (AvgIpc) is 2.61. The summed E-state index contributed by atoms with van der Waals surface area (Å²) in [6.45, 7) is 3.45. The van der Waals surface area contributed by atoms with Crippen molar-refractivity contribution >= 4 is 27.4 Å². The van der Waals surface area contributed by atoms with E-state index in [4.69, 9.17) is 4.74 Å². The van der Waals surface area contributed by atoms with Crippen molar-refractivity contribution in [1.82, 2.24) is 0 Å². The molecule has 0 N–H and O–H groups in total. The minimum absolute atomic E-state index is 0.187. The molecule has 0 fully saturated rings. The minimum Gasteiger partial charge on any atom is -0.462 e. The van der Waals surface area contributed by atoms with Gasteiger partial charge in [0.25, 0.3) is 15.7 Å². The van der Waals surface area contributed by atoms with Gasteiger partial charge in [0.05, 0.1) is 22.8 Å².